The topological polar surface area (TPSA) is 81.1 Å². The zero-order valence-corrected chi connectivity index (χ0v) is 11.1. The third-order valence-corrected chi connectivity index (χ3v) is 3.36. The molecule has 0 fully saturated rings. The van der Waals surface area contributed by atoms with Gasteiger partial charge in [0, 0.05) is 23.5 Å². The summed E-state index contributed by atoms with van der Waals surface area (Å²) < 4.78 is 0. The molecule has 0 bridgehead atoms. The molecule has 0 spiro atoms. The van der Waals surface area contributed by atoms with Gasteiger partial charge in [0.2, 0.25) is 0 Å². The molecule has 1 aromatic rings. The molecular weight excluding hydrogens is 238 g/mol. The molecule has 0 radical (unpaired) electrons. The number of anilines is 2. The molecule has 0 saturated heterocycles. The lowest BCUT2D eigenvalue weighted by Crippen LogP contribution is -2.25. The second-order valence-electron chi connectivity index (χ2n) is 5.00. The van der Waals surface area contributed by atoms with Crippen LogP contribution in [0.3, 0.4) is 0 Å². The minimum atomic E-state index is -0.115. The number of nitrogens with one attached hydrogen (secondary N) is 1. The van der Waals surface area contributed by atoms with E-state index in [1.807, 2.05) is 0 Å². The molecule has 0 saturated carbocycles. The Labute approximate surface area is 113 Å². The Morgan fingerprint density at radius 1 is 1.16 bits per heavy atom. The van der Waals surface area contributed by atoms with E-state index in [4.69, 9.17) is 11.5 Å². The van der Waals surface area contributed by atoms with Crippen molar-refractivity contribution in [3.8, 4) is 0 Å². The fraction of sp³-hybridized carbons (Fsp3) is 0.400. The molecule has 0 aromatic heterocycles. The Balaban J connectivity index is 1.85. The molecule has 5 N–H and O–H groups in total. The van der Waals surface area contributed by atoms with E-state index in [0.29, 0.717) is 23.5 Å². The van der Waals surface area contributed by atoms with Gasteiger partial charge in [0.1, 0.15) is 0 Å². The van der Waals surface area contributed by atoms with Gasteiger partial charge in [-0.3, -0.25) is 4.79 Å². The first-order chi connectivity index (χ1) is 9.15. The molecule has 102 valence electrons. The van der Waals surface area contributed by atoms with Crippen molar-refractivity contribution in [2.45, 2.75) is 32.1 Å². The first-order valence-electron chi connectivity index (χ1n) is 6.77. The number of rotatable bonds is 4. The highest BCUT2D eigenvalue weighted by molar-refractivity contribution is 5.96. The van der Waals surface area contributed by atoms with Crippen LogP contribution in [0.4, 0.5) is 11.4 Å². The van der Waals surface area contributed by atoms with Gasteiger partial charge < -0.3 is 16.8 Å². The summed E-state index contributed by atoms with van der Waals surface area (Å²) >= 11 is 0. The van der Waals surface area contributed by atoms with E-state index in [-0.39, 0.29) is 5.91 Å². The van der Waals surface area contributed by atoms with Gasteiger partial charge in [0.25, 0.3) is 5.91 Å². The van der Waals surface area contributed by atoms with Gasteiger partial charge in [-0.2, -0.15) is 0 Å². The smallest absolute Gasteiger partial charge is 0.251 e. The monoisotopic (exact) mass is 259 g/mol. The number of hydrogen-bond donors (Lipinski definition) is 3. The third kappa shape index (κ3) is 4.02. The average Bonchev–Trinajstić information content (AvgIpc) is 2.38. The van der Waals surface area contributed by atoms with Crippen LogP contribution in [0.1, 0.15) is 42.5 Å². The summed E-state index contributed by atoms with van der Waals surface area (Å²) in [6, 6.07) is 4.93. The molecule has 4 heteroatoms. The molecule has 4 nitrogen and oxygen atoms in total. The number of amides is 1. The predicted octanol–water partition coefficient (Wildman–Crippen LogP) is 2.47. The maximum Gasteiger partial charge on any atom is 0.251 e. The summed E-state index contributed by atoms with van der Waals surface area (Å²) in [5.74, 6) is -0.115. The maximum atomic E-state index is 11.9. The van der Waals surface area contributed by atoms with Crippen LogP contribution >= 0.6 is 0 Å². The minimum Gasteiger partial charge on any atom is -0.399 e. The number of allylic oxidation sites excluding steroid dienone is 1. The van der Waals surface area contributed by atoms with Gasteiger partial charge in [-0.15, -0.1) is 0 Å². The molecule has 2 rings (SSSR count). The van der Waals surface area contributed by atoms with Crippen LogP contribution in [0.2, 0.25) is 0 Å². The zero-order chi connectivity index (χ0) is 13.7. The normalized spacial score (nSPS) is 14.8. The molecule has 1 aromatic carbocycles. The number of carbonyl (C=O) groups is 1. The fourth-order valence-electron chi connectivity index (χ4n) is 2.38. The van der Waals surface area contributed by atoms with Crippen LogP contribution in [-0.4, -0.2) is 12.5 Å². The number of carbonyl (C=O) groups excluding carboxylic acids is 1. The van der Waals surface area contributed by atoms with Crippen molar-refractivity contribution in [3.05, 3.63) is 35.4 Å². The SMILES string of the molecule is Nc1cc(N)cc(C(=O)NCCC2=CCCCC2)c1. The van der Waals surface area contributed by atoms with Crippen molar-refractivity contribution >= 4 is 17.3 Å². The fourth-order valence-corrected chi connectivity index (χ4v) is 2.38. The highest BCUT2D eigenvalue weighted by atomic mass is 16.1. The minimum absolute atomic E-state index is 0.115. The highest BCUT2D eigenvalue weighted by Crippen LogP contribution is 2.19. The molecule has 1 amide bonds. The largest absolute Gasteiger partial charge is 0.399 e. The van der Waals surface area contributed by atoms with E-state index in [0.717, 1.165) is 6.42 Å². The van der Waals surface area contributed by atoms with Gasteiger partial charge >= 0.3 is 0 Å². The zero-order valence-electron chi connectivity index (χ0n) is 11.1. The van der Waals surface area contributed by atoms with E-state index in [1.165, 1.54) is 31.3 Å². The number of nitrogen functional groups attached to an aromatic ring is 2. The summed E-state index contributed by atoms with van der Waals surface area (Å²) in [6.07, 6.45) is 8.14. The van der Waals surface area contributed by atoms with E-state index >= 15 is 0 Å². The molecule has 0 unspecified atom stereocenters. The van der Waals surface area contributed by atoms with E-state index < -0.39 is 0 Å². The second-order valence-corrected chi connectivity index (χ2v) is 5.00. The number of hydrogen-bond acceptors (Lipinski definition) is 3. The molecule has 0 heterocycles. The molecule has 19 heavy (non-hydrogen) atoms. The summed E-state index contributed by atoms with van der Waals surface area (Å²) in [5.41, 5.74) is 14.4. The number of nitrogens with two attached hydrogens (primary N) is 2. The standard InChI is InChI=1S/C15H21N3O/c16-13-8-12(9-14(17)10-13)15(19)18-7-6-11-4-2-1-3-5-11/h4,8-10H,1-3,5-7,16-17H2,(H,18,19). The lowest BCUT2D eigenvalue weighted by atomic mass is 9.97. The summed E-state index contributed by atoms with van der Waals surface area (Å²) in [5, 5.41) is 2.91. The Kier molecular flexibility index (Phi) is 4.44. The van der Waals surface area contributed by atoms with Gasteiger partial charge in [-0.1, -0.05) is 11.6 Å². The maximum absolute atomic E-state index is 11.9. The quantitative estimate of drug-likeness (QED) is 0.574. The van der Waals surface area contributed by atoms with E-state index in [9.17, 15) is 4.79 Å². The Bertz CT molecular complexity index is 474. The van der Waals surface area contributed by atoms with Crippen LogP contribution < -0.4 is 16.8 Å². The van der Waals surface area contributed by atoms with Crippen LogP contribution in [-0.2, 0) is 0 Å². The average molecular weight is 259 g/mol. The van der Waals surface area contributed by atoms with Crippen molar-refractivity contribution in [1.82, 2.24) is 5.32 Å². The Morgan fingerprint density at radius 3 is 2.53 bits per heavy atom. The molecule has 0 aliphatic heterocycles. The summed E-state index contributed by atoms with van der Waals surface area (Å²) in [7, 11) is 0. The lowest BCUT2D eigenvalue weighted by Gasteiger charge is -2.13. The molecule has 1 aliphatic carbocycles. The lowest BCUT2D eigenvalue weighted by molar-refractivity contribution is 0.0954. The third-order valence-electron chi connectivity index (χ3n) is 3.36. The summed E-state index contributed by atoms with van der Waals surface area (Å²) in [6.45, 7) is 0.666. The van der Waals surface area contributed by atoms with Gasteiger partial charge in [0.15, 0.2) is 0 Å². The van der Waals surface area contributed by atoms with Crippen molar-refractivity contribution < 1.29 is 4.79 Å². The van der Waals surface area contributed by atoms with Gasteiger partial charge in [-0.05, 0) is 50.3 Å². The molecular formula is C15H21N3O. The highest BCUT2D eigenvalue weighted by Gasteiger charge is 2.08. The van der Waals surface area contributed by atoms with Gasteiger partial charge in [0.05, 0.1) is 0 Å². The predicted molar refractivity (Wildman–Crippen MR) is 78.8 cm³/mol. The van der Waals surface area contributed by atoms with E-state index in [1.54, 1.807) is 18.2 Å². The van der Waals surface area contributed by atoms with Crippen molar-refractivity contribution in [2.24, 2.45) is 0 Å². The van der Waals surface area contributed by atoms with Crippen LogP contribution in [0.15, 0.2) is 29.8 Å². The Hall–Kier alpha value is -1.97. The van der Waals surface area contributed by atoms with E-state index in [2.05, 4.69) is 11.4 Å². The first kappa shape index (κ1) is 13.5. The molecule has 0 atom stereocenters. The molecule has 1 aliphatic rings. The van der Waals surface area contributed by atoms with Crippen molar-refractivity contribution in [1.29, 1.82) is 0 Å². The first-order valence-corrected chi connectivity index (χ1v) is 6.77. The number of benzene rings is 1. The summed E-state index contributed by atoms with van der Waals surface area (Å²) in [4.78, 5) is 11.9. The van der Waals surface area contributed by atoms with Crippen molar-refractivity contribution in [2.75, 3.05) is 18.0 Å². The van der Waals surface area contributed by atoms with Crippen LogP contribution in [0.5, 0.6) is 0 Å². The second kappa shape index (κ2) is 6.27. The van der Waals surface area contributed by atoms with Crippen LogP contribution in [0.25, 0.3) is 0 Å². The van der Waals surface area contributed by atoms with Crippen LogP contribution in [0, 0.1) is 0 Å². The van der Waals surface area contributed by atoms with Crippen molar-refractivity contribution in [3.63, 3.8) is 0 Å². The van der Waals surface area contributed by atoms with Gasteiger partial charge in [-0.25, -0.2) is 0 Å². The Morgan fingerprint density at radius 2 is 1.89 bits per heavy atom.